The van der Waals surface area contributed by atoms with E-state index in [4.69, 9.17) is 0 Å². The number of hydrogen-bond donors (Lipinski definition) is 0. The molecule has 0 aliphatic rings. The number of ketones is 1. The van der Waals surface area contributed by atoms with E-state index in [0.717, 1.165) is 18.5 Å². The molecule has 0 spiro atoms. The van der Waals surface area contributed by atoms with E-state index in [0.29, 0.717) is 5.78 Å². The third-order valence-electron chi connectivity index (χ3n) is 5.71. The van der Waals surface area contributed by atoms with Gasteiger partial charge in [-0.1, -0.05) is 94.3 Å². The van der Waals surface area contributed by atoms with Crippen molar-refractivity contribution in [2.75, 3.05) is 0 Å². The molecule has 0 N–H and O–H groups in total. The highest BCUT2D eigenvalue weighted by molar-refractivity contribution is 7.02. The lowest BCUT2D eigenvalue weighted by Gasteiger charge is -2.36. The second kappa shape index (κ2) is 10.4. The summed E-state index contributed by atoms with van der Waals surface area (Å²) < 4.78 is 0. The van der Waals surface area contributed by atoms with Gasteiger partial charge in [-0.25, -0.2) is 0 Å². The molecule has 28 heavy (non-hydrogen) atoms. The highest BCUT2D eigenvalue weighted by Crippen LogP contribution is 2.28. The van der Waals surface area contributed by atoms with Gasteiger partial charge in [0.15, 0.2) is 0 Å². The number of Topliss-reactive ketones (excluding diaryl/α,β-unsaturated/α-hetero) is 1. The normalized spacial score (nSPS) is 13.1. The zero-order chi connectivity index (χ0) is 20.6. The molecule has 1 atom stereocenters. The smallest absolute Gasteiger partial charge is 0.132 e. The Balaban J connectivity index is 2.64. The van der Waals surface area contributed by atoms with Crippen molar-refractivity contribution < 1.29 is 4.79 Å². The third kappa shape index (κ3) is 5.65. The molecule has 1 nitrogen and oxygen atoms in total. The predicted octanol–water partition coefficient (Wildman–Crippen LogP) is 5.78. The maximum absolute atomic E-state index is 12.6. The first-order valence-electron chi connectivity index (χ1n) is 10.3. The van der Waals surface area contributed by atoms with Crippen LogP contribution in [-0.4, -0.2) is 13.9 Å². The number of carbonyl (C=O) groups excluding carboxylic acids is 1. The molecule has 0 radical (unpaired) electrons. The zero-order valence-corrected chi connectivity index (χ0v) is 19.0. The van der Waals surface area contributed by atoms with Gasteiger partial charge >= 0.3 is 0 Å². The van der Waals surface area contributed by atoms with Crippen LogP contribution in [0.4, 0.5) is 0 Å². The van der Waals surface area contributed by atoms with E-state index in [1.54, 1.807) is 6.92 Å². The number of allylic oxidation sites excluding steroid dienone is 4. The first kappa shape index (κ1) is 22.1. The first-order chi connectivity index (χ1) is 13.4. The molecule has 1 unspecified atom stereocenters. The van der Waals surface area contributed by atoms with Crippen molar-refractivity contribution in [3.63, 3.8) is 0 Å². The van der Waals surface area contributed by atoms with Crippen LogP contribution in [-0.2, 0) is 4.79 Å². The van der Waals surface area contributed by atoms with Gasteiger partial charge in [0.1, 0.15) is 13.9 Å². The maximum Gasteiger partial charge on any atom is 0.132 e. The van der Waals surface area contributed by atoms with Crippen LogP contribution in [0.5, 0.6) is 0 Å². The number of benzene rings is 2. The van der Waals surface area contributed by atoms with Crippen LogP contribution in [0.1, 0.15) is 41.0 Å². The predicted molar refractivity (Wildman–Crippen MR) is 125 cm³/mol. The number of carbonyl (C=O) groups is 1. The summed E-state index contributed by atoms with van der Waals surface area (Å²) in [7, 11) is -2.15. The minimum atomic E-state index is -2.15. The summed E-state index contributed by atoms with van der Waals surface area (Å²) in [5, 5.41) is 2.84. The molecule has 148 valence electrons. The topological polar surface area (TPSA) is 17.1 Å². The third-order valence-corrected chi connectivity index (χ3v) is 10.9. The Bertz CT molecular complexity index is 775. The zero-order valence-electron chi connectivity index (χ0n) is 18.0. The van der Waals surface area contributed by atoms with Gasteiger partial charge in [0, 0.05) is 5.92 Å². The molecule has 2 aromatic carbocycles. The summed E-state index contributed by atoms with van der Waals surface area (Å²) in [5.41, 5.74) is 2.69. The van der Waals surface area contributed by atoms with E-state index >= 15 is 0 Å². The van der Waals surface area contributed by atoms with Gasteiger partial charge in [0.2, 0.25) is 0 Å². The van der Waals surface area contributed by atoms with Crippen molar-refractivity contribution in [3.05, 3.63) is 84.0 Å². The van der Waals surface area contributed by atoms with Crippen LogP contribution >= 0.6 is 0 Å². The van der Waals surface area contributed by atoms with Gasteiger partial charge in [-0.2, -0.15) is 0 Å². The Hall–Kier alpha value is -2.19. The van der Waals surface area contributed by atoms with Gasteiger partial charge in [-0.15, -0.1) is 0 Å². The quantitative estimate of drug-likeness (QED) is 0.392. The van der Waals surface area contributed by atoms with Crippen molar-refractivity contribution in [3.8, 4) is 0 Å². The van der Waals surface area contributed by atoms with E-state index in [9.17, 15) is 4.79 Å². The highest BCUT2D eigenvalue weighted by atomic mass is 28.3. The Labute approximate surface area is 172 Å². The summed E-state index contributed by atoms with van der Waals surface area (Å²) in [6.07, 6.45) is 5.29. The summed E-state index contributed by atoms with van der Waals surface area (Å²) >= 11 is 0. The average Bonchev–Trinajstić information content (AvgIpc) is 2.71. The van der Waals surface area contributed by atoms with Crippen LogP contribution in [0, 0.1) is 5.92 Å². The van der Waals surface area contributed by atoms with Crippen molar-refractivity contribution in [1.82, 2.24) is 0 Å². The van der Waals surface area contributed by atoms with E-state index in [1.165, 1.54) is 21.5 Å². The highest BCUT2D eigenvalue weighted by Gasteiger charge is 2.40. The molecule has 0 bridgehead atoms. The fraction of sp³-hybridized carbons (Fsp3) is 0.346. The SMILES string of the molecule is C/C=C(/C)C[Si](CC(CC=C(C)C)C(C)=O)(c1ccccc1)c1ccccc1. The maximum atomic E-state index is 12.6. The average molecular weight is 391 g/mol. The lowest BCUT2D eigenvalue weighted by Crippen LogP contribution is -2.59. The van der Waals surface area contributed by atoms with Crippen LogP contribution in [0.2, 0.25) is 12.1 Å². The molecule has 0 heterocycles. The largest absolute Gasteiger partial charge is 0.300 e. The van der Waals surface area contributed by atoms with E-state index in [-0.39, 0.29) is 5.92 Å². The van der Waals surface area contributed by atoms with Gasteiger partial charge in [0.05, 0.1) is 0 Å². The van der Waals surface area contributed by atoms with Crippen LogP contribution in [0.15, 0.2) is 84.0 Å². The molecule has 0 aliphatic heterocycles. The molecule has 0 fully saturated rings. The second-order valence-electron chi connectivity index (χ2n) is 8.15. The van der Waals surface area contributed by atoms with Gasteiger partial charge in [-0.3, -0.25) is 4.79 Å². The van der Waals surface area contributed by atoms with Crippen molar-refractivity contribution in [2.24, 2.45) is 5.92 Å². The molecule has 0 saturated carbocycles. The molecule has 0 aliphatic carbocycles. The van der Waals surface area contributed by atoms with Crippen LogP contribution in [0.3, 0.4) is 0 Å². The molecule has 0 saturated heterocycles. The lowest BCUT2D eigenvalue weighted by molar-refractivity contribution is -0.120. The molecule has 2 heteroatoms. The number of hydrogen-bond acceptors (Lipinski definition) is 1. The summed E-state index contributed by atoms with van der Waals surface area (Å²) in [4.78, 5) is 12.6. The van der Waals surface area contributed by atoms with Gasteiger partial charge in [0.25, 0.3) is 0 Å². The van der Waals surface area contributed by atoms with E-state index in [2.05, 4.69) is 101 Å². The van der Waals surface area contributed by atoms with Crippen molar-refractivity contribution >= 4 is 24.2 Å². The minimum Gasteiger partial charge on any atom is -0.300 e. The molecule has 0 aromatic heterocycles. The fourth-order valence-electron chi connectivity index (χ4n) is 3.96. The first-order valence-corrected chi connectivity index (χ1v) is 12.7. The van der Waals surface area contributed by atoms with Crippen LogP contribution in [0.25, 0.3) is 0 Å². The lowest BCUT2D eigenvalue weighted by atomic mass is 10.0. The fourth-order valence-corrected chi connectivity index (χ4v) is 9.43. The minimum absolute atomic E-state index is 0.0617. The van der Waals surface area contributed by atoms with E-state index < -0.39 is 8.07 Å². The molecule has 2 aromatic rings. The second-order valence-corrected chi connectivity index (χ2v) is 12.2. The van der Waals surface area contributed by atoms with Crippen molar-refractivity contribution in [2.45, 2.75) is 53.1 Å². The monoisotopic (exact) mass is 390 g/mol. The Morgan fingerprint density at radius 1 is 0.893 bits per heavy atom. The van der Waals surface area contributed by atoms with Gasteiger partial charge in [-0.05, 0) is 53.1 Å². The summed E-state index contributed by atoms with van der Waals surface area (Å²) in [6, 6.07) is 23.9. The van der Waals surface area contributed by atoms with Crippen molar-refractivity contribution in [1.29, 1.82) is 0 Å². The molecule has 2 rings (SSSR count). The standard InChI is InChI=1S/C26H34OSi/c1-6-22(4)19-28(25-13-9-7-10-14-25,26-15-11-8-12-16-26)20-24(23(5)27)18-17-21(2)3/h6-17,24H,18-20H2,1-5H3/b22-6-. The Morgan fingerprint density at radius 3 is 1.79 bits per heavy atom. The summed E-state index contributed by atoms with van der Waals surface area (Å²) in [6.45, 7) is 10.3. The Kier molecular flexibility index (Phi) is 8.19. The molecule has 0 amide bonds. The Morgan fingerprint density at radius 2 is 1.39 bits per heavy atom. The number of rotatable bonds is 9. The summed E-state index contributed by atoms with van der Waals surface area (Å²) in [5.74, 6) is 0.367. The molecular weight excluding hydrogens is 356 g/mol. The van der Waals surface area contributed by atoms with E-state index in [1.807, 2.05) is 0 Å². The van der Waals surface area contributed by atoms with Gasteiger partial charge < -0.3 is 0 Å². The van der Waals surface area contributed by atoms with Crippen LogP contribution < -0.4 is 10.4 Å². The molecular formula is C26H34OSi.